The van der Waals surface area contributed by atoms with Gasteiger partial charge >= 0.3 is 5.97 Å². The number of carbonyl (C=O) groups is 1. The molecule has 0 heterocycles. The van der Waals surface area contributed by atoms with Crippen LogP contribution in [0.25, 0.3) is 0 Å². The summed E-state index contributed by atoms with van der Waals surface area (Å²) < 4.78 is 0.947. The molecule has 104 valence electrons. The van der Waals surface area contributed by atoms with Crippen LogP contribution in [-0.4, -0.2) is 21.3 Å². The average molecular weight is 376 g/mol. The maximum absolute atomic E-state index is 10.3. The number of phenolic OH excluding ortho intramolecular Hbond substituents is 1. The minimum absolute atomic E-state index is 0.0671. The van der Waals surface area contributed by atoms with Crippen LogP contribution in [0.3, 0.4) is 0 Å². The molecule has 0 fully saturated rings. The van der Waals surface area contributed by atoms with Gasteiger partial charge in [-0.2, -0.15) is 0 Å². The summed E-state index contributed by atoms with van der Waals surface area (Å²) in [4.78, 5) is 10.3. The molecule has 0 amide bonds. The number of hydrogen-bond acceptors (Lipinski definition) is 3. The molecule has 0 bridgehead atoms. The molecule has 0 aliphatic rings. The molecule has 1 aromatic rings. The van der Waals surface area contributed by atoms with E-state index in [2.05, 4.69) is 22.6 Å². The van der Waals surface area contributed by atoms with Crippen molar-refractivity contribution in [3.05, 3.63) is 39.5 Å². The quantitative estimate of drug-likeness (QED) is 0.527. The third-order valence-electron chi connectivity index (χ3n) is 2.90. The van der Waals surface area contributed by atoms with E-state index in [0.717, 1.165) is 9.65 Å². The average Bonchev–Trinajstić information content (AvgIpc) is 2.36. The third kappa shape index (κ3) is 5.20. The van der Waals surface area contributed by atoms with Crippen molar-refractivity contribution in [1.29, 1.82) is 0 Å². The molecular weight excluding hydrogens is 359 g/mol. The Bertz CT molecular complexity index is 471. The van der Waals surface area contributed by atoms with E-state index in [1.54, 1.807) is 24.3 Å². The van der Waals surface area contributed by atoms with Crippen LogP contribution in [0.1, 0.15) is 31.4 Å². The van der Waals surface area contributed by atoms with Gasteiger partial charge in [-0.15, -0.1) is 0 Å². The second kappa shape index (κ2) is 7.49. The number of allylic oxidation sites excluding steroid dienone is 1. The Morgan fingerprint density at radius 1 is 1.47 bits per heavy atom. The molecule has 0 spiro atoms. The van der Waals surface area contributed by atoms with Crippen molar-refractivity contribution in [2.24, 2.45) is 5.92 Å². The monoisotopic (exact) mass is 376 g/mol. The molecule has 19 heavy (non-hydrogen) atoms. The van der Waals surface area contributed by atoms with Crippen LogP contribution in [-0.2, 0) is 4.79 Å². The van der Waals surface area contributed by atoms with E-state index < -0.39 is 12.1 Å². The fourth-order valence-electron chi connectivity index (χ4n) is 1.77. The normalized spacial score (nSPS) is 14.5. The smallest absolute Gasteiger partial charge is 0.327 e. The number of carboxylic acids is 1. The predicted molar refractivity (Wildman–Crippen MR) is 81.0 cm³/mol. The van der Waals surface area contributed by atoms with Crippen molar-refractivity contribution >= 4 is 28.6 Å². The number of aliphatic carboxylic acids is 1. The Morgan fingerprint density at radius 2 is 2.16 bits per heavy atom. The molecule has 1 rings (SSSR count). The predicted octanol–water partition coefficient (Wildman–Crippen LogP) is 3.09. The lowest BCUT2D eigenvalue weighted by Crippen LogP contribution is -2.09. The van der Waals surface area contributed by atoms with Crippen LogP contribution in [0.2, 0.25) is 0 Å². The number of aliphatic hydroxyl groups excluding tert-OH is 1. The van der Waals surface area contributed by atoms with Gasteiger partial charge in [-0.1, -0.05) is 13.0 Å². The van der Waals surface area contributed by atoms with Crippen LogP contribution in [0.4, 0.5) is 0 Å². The van der Waals surface area contributed by atoms with Gasteiger partial charge in [-0.25, -0.2) is 4.79 Å². The molecule has 0 saturated heterocycles. The van der Waals surface area contributed by atoms with E-state index >= 15 is 0 Å². The number of aromatic hydroxyl groups is 1. The summed E-state index contributed by atoms with van der Waals surface area (Å²) in [7, 11) is 0. The molecule has 3 N–H and O–H groups in total. The summed E-state index contributed by atoms with van der Waals surface area (Å²) >= 11 is 2.12. The van der Waals surface area contributed by atoms with Crippen molar-refractivity contribution < 1.29 is 20.1 Å². The number of aliphatic hydroxyl groups is 1. The number of halogens is 1. The van der Waals surface area contributed by atoms with Gasteiger partial charge in [0.15, 0.2) is 0 Å². The molecule has 0 aliphatic carbocycles. The van der Waals surface area contributed by atoms with Crippen molar-refractivity contribution in [2.45, 2.75) is 25.9 Å². The molecule has 1 aromatic carbocycles. The number of hydrogen-bond donors (Lipinski definition) is 3. The Labute approximate surface area is 125 Å². The van der Waals surface area contributed by atoms with Crippen LogP contribution >= 0.6 is 22.6 Å². The Morgan fingerprint density at radius 3 is 2.79 bits per heavy atom. The van der Waals surface area contributed by atoms with E-state index in [1.165, 1.54) is 0 Å². The highest BCUT2D eigenvalue weighted by atomic mass is 127. The fraction of sp³-hybridized carbons (Fsp3) is 0.357. The highest BCUT2D eigenvalue weighted by Gasteiger charge is 2.19. The molecule has 0 aliphatic heterocycles. The van der Waals surface area contributed by atoms with Gasteiger partial charge in [0.1, 0.15) is 5.75 Å². The van der Waals surface area contributed by atoms with E-state index in [9.17, 15) is 15.0 Å². The zero-order valence-corrected chi connectivity index (χ0v) is 12.7. The molecule has 0 unspecified atom stereocenters. The van der Waals surface area contributed by atoms with Gasteiger partial charge in [0.25, 0.3) is 0 Å². The van der Waals surface area contributed by atoms with Gasteiger partial charge in [0.2, 0.25) is 0 Å². The molecule has 5 heteroatoms. The first-order valence-corrected chi connectivity index (χ1v) is 7.05. The highest BCUT2D eigenvalue weighted by Crippen LogP contribution is 2.32. The van der Waals surface area contributed by atoms with Crippen molar-refractivity contribution in [2.75, 3.05) is 0 Å². The number of benzene rings is 1. The minimum atomic E-state index is -0.969. The van der Waals surface area contributed by atoms with Crippen LogP contribution in [0.5, 0.6) is 5.75 Å². The van der Waals surface area contributed by atoms with Crippen molar-refractivity contribution in [1.82, 2.24) is 0 Å². The van der Waals surface area contributed by atoms with Crippen molar-refractivity contribution in [3.8, 4) is 5.75 Å². The Hall–Kier alpha value is -1.08. The number of phenols is 1. The van der Waals surface area contributed by atoms with Gasteiger partial charge in [-0.3, -0.25) is 0 Å². The highest BCUT2D eigenvalue weighted by molar-refractivity contribution is 14.1. The zero-order chi connectivity index (χ0) is 14.4. The molecule has 4 nitrogen and oxygen atoms in total. The van der Waals surface area contributed by atoms with Gasteiger partial charge in [-0.05, 0) is 59.5 Å². The minimum Gasteiger partial charge on any atom is -0.508 e. The summed E-state index contributed by atoms with van der Waals surface area (Å²) in [6.07, 6.45) is 3.14. The summed E-state index contributed by atoms with van der Waals surface area (Å²) in [5.74, 6) is -0.952. The number of carboxylic acid groups (broad SMARTS) is 1. The molecule has 0 saturated carbocycles. The maximum Gasteiger partial charge on any atom is 0.327 e. The maximum atomic E-state index is 10.3. The molecule has 0 radical (unpaired) electrons. The first-order chi connectivity index (χ1) is 8.91. The largest absolute Gasteiger partial charge is 0.508 e. The Balaban J connectivity index is 2.63. The molecule has 2 atom stereocenters. The van der Waals surface area contributed by atoms with E-state index in [0.29, 0.717) is 18.4 Å². The topological polar surface area (TPSA) is 77.8 Å². The van der Waals surface area contributed by atoms with Gasteiger partial charge < -0.3 is 15.3 Å². The van der Waals surface area contributed by atoms with Gasteiger partial charge in [0, 0.05) is 15.2 Å². The van der Waals surface area contributed by atoms with Crippen molar-refractivity contribution in [3.63, 3.8) is 0 Å². The van der Waals surface area contributed by atoms with E-state index in [1.807, 2.05) is 6.92 Å². The van der Waals surface area contributed by atoms with Gasteiger partial charge in [0.05, 0.1) is 6.10 Å². The number of rotatable bonds is 6. The lowest BCUT2D eigenvalue weighted by molar-refractivity contribution is -0.131. The summed E-state index contributed by atoms with van der Waals surface area (Å²) in [6.45, 7) is 1.87. The van der Waals surface area contributed by atoms with Crippen LogP contribution < -0.4 is 0 Å². The molecular formula is C14H17IO4. The third-order valence-corrected chi connectivity index (χ3v) is 3.57. The molecule has 0 aromatic heterocycles. The van der Waals surface area contributed by atoms with E-state index in [4.69, 9.17) is 5.11 Å². The van der Waals surface area contributed by atoms with E-state index in [-0.39, 0.29) is 11.7 Å². The summed E-state index contributed by atoms with van der Waals surface area (Å²) in [5, 5.41) is 28.4. The standard InChI is InChI=1S/C14H17IO4/c1-9(4-2-3-5-13(17)18)14(19)11-8-10(15)6-7-12(11)16/h3,5-9,14,16,19H,2,4H2,1H3,(H,17,18)/b5-3+/t9-,14+/m1/s1. The second-order valence-electron chi connectivity index (χ2n) is 4.44. The fourth-order valence-corrected chi connectivity index (χ4v) is 2.29. The SMILES string of the molecule is C[C@H](CC/C=C/C(=O)O)[C@H](O)c1cc(I)ccc1O. The van der Waals surface area contributed by atoms with Crippen LogP contribution in [0, 0.1) is 9.49 Å². The first kappa shape index (κ1) is 16.0. The lowest BCUT2D eigenvalue weighted by atomic mass is 9.93. The zero-order valence-electron chi connectivity index (χ0n) is 10.6. The second-order valence-corrected chi connectivity index (χ2v) is 5.69. The lowest BCUT2D eigenvalue weighted by Gasteiger charge is -2.19. The van der Waals surface area contributed by atoms with Crippen LogP contribution in [0.15, 0.2) is 30.4 Å². The summed E-state index contributed by atoms with van der Waals surface area (Å²) in [5.41, 5.74) is 0.515. The first-order valence-electron chi connectivity index (χ1n) is 5.97. The summed E-state index contributed by atoms with van der Waals surface area (Å²) in [6, 6.07) is 5.09. The Kier molecular flexibility index (Phi) is 6.30.